The van der Waals surface area contributed by atoms with Crippen LogP contribution in [-0.4, -0.2) is 23.5 Å². The Morgan fingerprint density at radius 2 is 2.05 bits per heavy atom. The fourth-order valence-electron chi connectivity index (χ4n) is 2.88. The van der Waals surface area contributed by atoms with Crippen molar-refractivity contribution in [3.63, 3.8) is 0 Å². The molecule has 0 saturated heterocycles. The highest BCUT2D eigenvalue weighted by atomic mass is 35.5. The molecule has 0 bridgehead atoms. The fourth-order valence-corrected chi connectivity index (χ4v) is 2.88. The Morgan fingerprint density at radius 3 is 2.55 bits per heavy atom. The molecular weight excluding hydrogens is 278 g/mol. The quantitative estimate of drug-likeness (QED) is 0.894. The molecule has 1 aromatic rings. The number of halogens is 1. The number of nitrogens with one attached hydrogen (secondary N) is 1. The lowest BCUT2D eigenvalue weighted by molar-refractivity contribution is 0.0885. The van der Waals surface area contributed by atoms with Crippen molar-refractivity contribution in [2.75, 3.05) is 6.54 Å². The second-order valence-electron chi connectivity index (χ2n) is 5.36. The summed E-state index contributed by atoms with van der Waals surface area (Å²) < 4.78 is 5.34. The van der Waals surface area contributed by atoms with Crippen molar-refractivity contribution in [1.82, 2.24) is 10.3 Å². The molecule has 5 nitrogen and oxygen atoms in total. The number of aromatic nitrogens is 1. The van der Waals surface area contributed by atoms with E-state index in [1.165, 1.54) is 19.3 Å². The van der Waals surface area contributed by atoms with Gasteiger partial charge in [-0.15, -0.1) is 12.4 Å². The molecule has 20 heavy (non-hydrogen) atoms. The van der Waals surface area contributed by atoms with E-state index in [1.54, 1.807) is 13.8 Å². The summed E-state index contributed by atoms with van der Waals surface area (Å²) in [6.07, 6.45) is 6.06. The average Bonchev–Trinajstić information content (AvgIpc) is 2.76. The molecule has 0 aromatic carbocycles. The number of hydrogen-bond acceptors (Lipinski definition) is 4. The molecule has 1 atom stereocenters. The van der Waals surface area contributed by atoms with Crippen LogP contribution in [0.5, 0.6) is 0 Å². The monoisotopic (exact) mass is 301 g/mol. The van der Waals surface area contributed by atoms with E-state index in [0.717, 1.165) is 12.8 Å². The summed E-state index contributed by atoms with van der Waals surface area (Å²) >= 11 is 0. The third-order valence-corrected chi connectivity index (χ3v) is 3.90. The molecule has 2 rings (SSSR count). The molecular formula is C14H24ClN3O2. The second kappa shape index (κ2) is 7.64. The molecule has 3 N–H and O–H groups in total. The van der Waals surface area contributed by atoms with Crippen molar-refractivity contribution in [2.45, 2.75) is 52.0 Å². The summed E-state index contributed by atoms with van der Waals surface area (Å²) in [5.74, 6) is 1.13. The van der Waals surface area contributed by atoms with Gasteiger partial charge in [0.1, 0.15) is 0 Å². The summed E-state index contributed by atoms with van der Waals surface area (Å²) in [6, 6.07) is 0.0395. The maximum Gasteiger partial charge on any atom is 0.289 e. The zero-order chi connectivity index (χ0) is 13.8. The smallest absolute Gasteiger partial charge is 0.289 e. The lowest BCUT2D eigenvalue weighted by Gasteiger charge is -2.29. The topological polar surface area (TPSA) is 81.2 Å². The van der Waals surface area contributed by atoms with Crippen LogP contribution in [0.15, 0.2) is 4.42 Å². The van der Waals surface area contributed by atoms with Gasteiger partial charge in [-0.25, -0.2) is 4.98 Å². The summed E-state index contributed by atoms with van der Waals surface area (Å²) in [5, 5.41) is 3.01. The average molecular weight is 302 g/mol. The standard InChI is InChI=1S/C14H23N3O2.ClH/c1-9-13(19-10(2)16-9)14(18)17-12(8-15)11-6-4-3-5-7-11;/h11-12H,3-8,15H2,1-2H3,(H,17,18);1H. The van der Waals surface area contributed by atoms with E-state index in [9.17, 15) is 4.79 Å². The Bertz CT molecular complexity index is 442. The van der Waals surface area contributed by atoms with Crippen LogP contribution in [-0.2, 0) is 0 Å². The molecule has 1 heterocycles. The summed E-state index contributed by atoms with van der Waals surface area (Å²) in [7, 11) is 0. The third-order valence-electron chi connectivity index (χ3n) is 3.90. The summed E-state index contributed by atoms with van der Waals surface area (Å²) in [5.41, 5.74) is 6.45. The van der Waals surface area contributed by atoms with Crippen molar-refractivity contribution < 1.29 is 9.21 Å². The van der Waals surface area contributed by atoms with Crippen molar-refractivity contribution >= 4 is 18.3 Å². The first kappa shape index (κ1) is 17.0. The minimum absolute atomic E-state index is 0. The van der Waals surface area contributed by atoms with Crippen LogP contribution in [0.25, 0.3) is 0 Å². The molecule has 1 unspecified atom stereocenters. The van der Waals surface area contributed by atoms with E-state index in [4.69, 9.17) is 10.2 Å². The fraction of sp³-hybridized carbons (Fsp3) is 0.714. The van der Waals surface area contributed by atoms with Gasteiger partial charge in [0.25, 0.3) is 5.91 Å². The minimum atomic E-state index is -0.195. The van der Waals surface area contributed by atoms with Gasteiger partial charge in [-0.3, -0.25) is 4.79 Å². The number of nitrogens with zero attached hydrogens (tertiary/aromatic N) is 1. The number of carbonyl (C=O) groups excluding carboxylic acids is 1. The molecule has 0 aliphatic heterocycles. The first-order valence-corrected chi connectivity index (χ1v) is 7.06. The molecule has 0 spiro atoms. The van der Waals surface area contributed by atoms with Gasteiger partial charge in [0, 0.05) is 19.5 Å². The SMILES string of the molecule is Cc1nc(C)c(C(=O)NC(CN)C2CCCCC2)o1.Cl. The van der Waals surface area contributed by atoms with Crippen LogP contribution in [0.3, 0.4) is 0 Å². The lowest BCUT2D eigenvalue weighted by atomic mass is 9.84. The number of aryl methyl sites for hydroxylation is 2. The van der Waals surface area contributed by atoms with Crippen LogP contribution < -0.4 is 11.1 Å². The Kier molecular flexibility index (Phi) is 6.49. The van der Waals surface area contributed by atoms with E-state index in [2.05, 4.69) is 10.3 Å². The van der Waals surface area contributed by atoms with E-state index >= 15 is 0 Å². The number of nitrogens with two attached hydrogens (primary N) is 1. The number of hydrogen-bond donors (Lipinski definition) is 2. The van der Waals surface area contributed by atoms with Crippen molar-refractivity contribution in [1.29, 1.82) is 0 Å². The van der Waals surface area contributed by atoms with Crippen LogP contribution in [0.2, 0.25) is 0 Å². The van der Waals surface area contributed by atoms with Crippen molar-refractivity contribution in [3.8, 4) is 0 Å². The van der Waals surface area contributed by atoms with Gasteiger partial charge < -0.3 is 15.5 Å². The first-order chi connectivity index (χ1) is 9.11. The zero-order valence-corrected chi connectivity index (χ0v) is 13.0. The summed E-state index contributed by atoms with van der Waals surface area (Å²) in [4.78, 5) is 16.3. The highest BCUT2D eigenvalue weighted by molar-refractivity contribution is 5.92. The first-order valence-electron chi connectivity index (χ1n) is 7.06. The van der Waals surface area contributed by atoms with E-state index < -0.39 is 0 Å². The Balaban J connectivity index is 0.00000200. The predicted octanol–water partition coefficient (Wildman–Crippen LogP) is 2.35. The Hall–Kier alpha value is -1.07. The van der Waals surface area contributed by atoms with E-state index in [-0.39, 0.29) is 24.4 Å². The van der Waals surface area contributed by atoms with Crippen LogP contribution in [0.4, 0.5) is 0 Å². The van der Waals surface area contributed by atoms with Crippen molar-refractivity contribution in [2.24, 2.45) is 11.7 Å². The maximum atomic E-state index is 12.2. The number of rotatable bonds is 4. The van der Waals surface area contributed by atoms with Gasteiger partial charge in [-0.05, 0) is 25.7 Å². The highest BCUT2D eigenvalue weighted by Crippen LogP contribution is 2.26. The van der Waals surface area contributed by atoms with Gasteiger partial charge in [0.15, 0.2) is 5.89 Å². The predicted molar refractivity (Wildman–Crippen MR) is 80.1 cm³/mol. The maximum absolute atomic E-state index is 12.2. The van der Waals surface area contributed by atoms with Gasteiger partial charge in [0.2, 0.25) is 5.76 Å². The molecule has 1 aromatic heterocycles. The Morgan fingerprint density at radius 1 is 1.40 bits per heavy atom. The number of carbonyl (C=O) groups is 1. The molecule has 1 aliphatic carbocycles. The van der Waals surface area contributed by atoms with Gasteiger partial charge >= 0.3 is 0 Å². The summed E-state index contributed by atoms with van der Waals surface area (Å²) in [6.45, 7) is 4.00. The van der Waals surface area contributed by atoms with E-state index in [0.29, 0.717) is 29.8 Å². The lowest BCUT2D eigenvalue weighted by Crippen LogP contribution is -2.46. The van der Waals surface area contributed by atoms with Gasteiger partial charge in [0.05, 0.1) is 5.69 Å². The Labute approximate surface area is 126 Å². The molecule has 1 saturated carbocycles. The molecule has 0 radical (unpaired) electrons. The minimum Gasteiger partial charge on any atom is -0.436 e. The van der Waals surface area contributed by atoms with Gasteiger partial charge in [-0.1, -0.05) is 19.3 Å². The largest absolute Gasteiger partial charge is 0.436 e. The van der Waals surface area contributed by atoms with Crippen molar-refractivity contribution in [3.05, 3.63) is 17.3 Å². The van der Waals surface area contributed by atoms with E-state index in [1.807, 2.05) is 0 Å². The number of amides is 1. The molecule has 1 fully saturated rings. The molecule has 6 heteroatoms. The third kappa shape index (κ3) is 3.96. The number of oxazole rings is 1. The zero-order valence-electron chi connectivity index (χ0n) is 12.1. The van der Waals surface area contributed by atoms with Crippen LogP contribution in [0.1, 0.15) is 54.2 Å². The molecule has 1 aliphatic rings. The highest BCUT2D eigenvalue weighted by Gasteiger charge is 2.26. The van der Waals surface area contributed by atoms with Gasteiger partial charge in [-0.2, -0.15) is 0 Å². The normalized spacial score (nSPS) is 17.4. The molecule has 114 valence electrons. The van der Waals surface area contributed by atoms with Crippen LogP contribution in [0, 0.1) is 19.8 Å². The van der Waals surface area contributed by atoms with Crippen LogP contribution >= 0.6 is 12.4 Å². The molecule has 1 amide bonds. The second-order valence-corrected chi connectivity index (χ2v) is 5.36.